The number of likely N-dealkylation sites (tertiary alicyclic amines) is 1. The Kier molecular flexibility index (Phi) is 5.02. The van der Waals surface area contributed by atoms with E-state index in [-0.39, 0.29) is 13.2 Å². The van der Waals surface area contributed by atoms with E-state index in [1.54, 1.807) is 34.6 Å². The van der Waals surface area contributed by atoms with Crippen molar-refractivity contribution in [3.63, 3.8) is 0 Å². The van der Waals surface area contributed by atoms with Crippen LogP contribution in [-0.2, 0) is 14.3 Å². The number of ether oxygens (including phenoxy) is 2. The van der Waals surface area contributed by atoms with Gasteiger partial charge in [-0.3, -0.25) is 4.90 Å². The number of hydrogen-bond donors (Lipinski definition) is 1. The average Bonchev–Trinajstić information content (AvgIpc) is 2.25. The molecule has 6 nitrogen and oxygen atoms in total. The Morgan fingerprint density at radius 2 is 2.00 bits per heavy atom. The summed E-state index contributed by atoms with van der Waals surface area (Å²) in [6, 6.07) is -0.690. The standard InChI is InChI=1S/C14H25NO5/c1-6-19-11(16)10-7-8-14(5,18)9-15(10)12(17)20-13(2,3)4/h10,18H,6-9H2,1-5H3. The molecule has 1 aliphatic heterocycles. The van der Waals surface area contributed by atoms with Gasteiger partial charge in [0.1, 0.15) is 11.6 Å². The molecule has 2 atom stereocenters. The molecule has 116 valence electrons. The lowest BCUT2D eigenvalue weighted by Gasteiger charge is -2.41. The molecule has 0 bridgehead atoms. The minimum absolute atomic E-state index is 0.0609. The van der Waals surface area contributed by atoms with Gasteiger partial charge < -0.3 is 14.6 Å². The molecule has 2 unspecified atom stereocenters. The topological polar surface area (TPSA) is 76.1 Å². The minimum Gasteiger partial charge on any atom is -0.464 e. The maximum Gasteiger partial charge on any atom is 0.411 e. The molecule has 1 rings (SSSR count). The van der Waals surface area contributed by atoms with Gasteiger partial charge in [0, 0.05) is 0 Å². The van der Waals surface area contributed by atoms with Crippen LogP contribution in [0.2, 0.25) is 0 Å². The third-order valence-electron chi connectivity index (χ3n) is 3.03. The van der Waals surface area contributed by atoms with E-state index in [0.29, 0.717) is 12.8 Å². The van der Waals surface area contributed by atoms with E-state index < -0.39 is 29.3 Å². The van der Waals surface area contributed by atoms with Gasteiger partial charge in [-0.05, 0) is 47.5 Å². The van der Waals surface area contributed by atoms with Crippen molar-refractivity contribution in [2.75, 3.05) is 13.2 Å². The molecule has 0 radical (unpaired) electrons. The maximum absolute atomic E-state index is 12.2. The predicted molar refractivity (Wildman–Crippen MR) is 73.2 cm³/mol. The van der Waals surface area contributed by atoms with Crippen molar-refractivity contribution in [2.24, 2.45) is 0 Å². The van der Waals surface area contributed by atoms with Crippen LogP contribution in [0.3, 0.4) is 0 Å². The van der Waals surface area contributed by atoms with Crippen LogP contribution < -0.4 is 0 Å². The van der Waals surface area contributed by atoms with Crippen molar-refractivity contribution < 1.29 is 24.2 Å². The third kappa shape index (κ3) is 4.67. The largest absolute Gasteiger partial charge is 0.464 e. The first-order chi connectivity index (χ1) is 9.06. The van der Waals surface area contributed by atoms with Crippen molar-refractivity contribution in [1.29, 1.82) is 0 Å². The van der Waals surface area contributed by atoms with Gasteiger partial charge in [0.2, 0.25) is 0 Å². The Bertz CT molecular complexity index is 372. The van der Waals surface area contributed by atoms with Gasteiger partial charge in [0.15, 0.2) is 0 Å². The minimum atomic E-state index is -1.01. The molecule has 1 amide bonds. The highest BCUT2D eigenvalue weighted by Gasteiger charge is 2.42. The number of amides is 1. The molecule has 0 spiro atoms. The average molecular weight is 287 g/mol. The van der Waals surface area contributed by atoms with E-state index in [4.69, 9.17) is 9.47 Å². The fourth-order valence-corrected chi connectivity index (χ4v) is 2.16. The first-order valence-electron chi connectivity index (χ1n) is 6.94. The lowest BCUT2D eigenvalue weighted by atomic mass is 9.90. The van der Waals surface area contributed by atoms with Crippen LogP contribution in [0.15, 0.2) is 0 Å². The Morgan fingerprint density at radius 1 is 1.40 bits per heavy atom. The lowest BCUT2D eigenvalue weighted by Crippen LogP contribution is -2.57. The fourth-order valence-electron chi connectivity index (χ4n) is 2.16. The molecule has 0 aliphatic carbocycles. The number of esters is 1. The van der Waals surface area contributed by atoms with Crippen LogP contribution in [0, 0.1) is 0 Å². The van der Waals surface area contributed by atoms with Gasteiger partial charge in [-0.25, -0.2) is 9.59 Å². The fraction of sp³-hybridized carbons (Fsp3) is 0.857. The van der Waals surface area contributed by atoms with E-state index in [0.717, 1.165) is 0 Å². The zero-order chi connectivity index (χ0) is 15.6. The second kappa shape index (κ2) is 5.99. The van der Waals surface area contributed by atoms with Gasteiger partial charge in [-0.1, -0.05) is 0 Å². The first kappa shape index (κ1) is 16.8. The molecule has 0 aromatic carbocycles. The number of nitrogens with zero attached hydrogens (tertiary/aromatic N) is 1. The number of carbonyl (C=O) groups is 2. The monoisotopic (exact) mass is 287 g/mol. The molecule has 0 aromatic rings. The summed E-state index contributed by atoms with van der Waals surface area (Å²) in [5, 5.41) is 10.1. The van der Waals surface area contributed by atoms with Gasteiger partial charge in [0.25, 0.3) is 0 Å². The SMILES string of the molecule is CCOC(=O)C1CCC(C)(O)CN1C(=O)OC(C)(C)C. The molecule has 20 heavy (non-hydrogen) atoms. The van der Waals surface area contributed by atoms with Crippen molar-refractivity contribution >= 4 is 12.1 Å². The Morgan fingerprint density at radius 3 is 2.50 bits per heavy atom. The van der Waals surface area contributed by atoms with Crippen molar-refractivity contribution in [2.45, 2.75) is 64.7 Å². The highest BCUT2D eigenvalue weighted by molar-refractivity contribution is 5.82. The van der Waals surface area contributed by atoms with Crippen molar-refractivity contribution in [3.05, 3.63) is 0 Å². The van der Waals surface area contributed by atoms with Crippen LogP contribution >= 0.6 is 0 Å². The number of rotatable bonds is 2. The zero-order valence-electron chi connectivity index (χ0n) is 12.9. The Balaban J connectivity index is 2.87. The molecule has 1 aliphatic rings. The molecular weight excluding hydrogens is 262 g/mol. The van der Waals surface area contributed by atoms with Gasteiger partial charge >= 0.3 is 12.1 Å². The molecule has 0 aromatic heterocycles. The summed E-state index contributed by atoms with van der Waals surface area (Å²) >= 11 is 0. The molecule has 1 N–H and O–H groups in total. The molecule has 1 heterocycles. The highest BCUT2D eigenvalue weighted by Crippen LogP contribution is 2.27. The molecule has 6 heteroatoms. The van der Waals surface area contributed by atoms with Gasteiger partial charge in [0.05, 0.1) is 18.8 Å². The maximum atomic E-state index is 12.2. The molecule has 1 saturated heterocycles. The Labute approximate surface area is 120 Å². The van der Waals surface area contributed by atoms with E-state index in [1.807, 2.05) is 0 Å². The smallest absolute Gasteiger partial charge is 0.411 e. The highest BCUT2D eigenvalue weighted by atomic mass is 16.6. The van der Waals surface area contributed by atoms with Gasteiger partial charge in [-0.2, -0.15) is 0 Å². The van der Waals surface area contributed by atoms with Crippen LogP contribution in [0.25, 0.3) is 0 Å². The second-order valence-electron chi connectivity index (χ2n) is 6.41. The van der Waals surface area contributed by atoms with E-state index in [2.05, 4.69) is 0 Å². The summed E-state index contributed by atoms with van der Waals surface area (Å²) in [6.07, 6.45) is 0.205. The van der Waals surface area contributed by atoms with Gasteiger partial charge in [-0.15, -0.1) is 0 Å². The summed E-state index contributed by atoms with van der Waals surface area (Å²) in [6.45, 7) is 8.95. The summed E-state index contributed by atoms with van der Waals surface area (Å²) in [5.41, 5.74) is -1.67. The number of piperidine rings is 1. The Hall–Kier alpha value is -1.30. The molecule has 1 fully saturated rings. The summed E-state index contributed by atoms with van der Waals surface area (Å²) in [4.78, 5) is 25.4. The first-order valence-corrected chi connectivity index (χ1v) is 6.94. The summed E-state index contributed by atoms with van der Waals surface area (Å²) in [5.74, 6) is -0.450. The number of aliphatic hydroxyl groups is 1. The van der Waals surface area contributed by atoms with E-state index >= 15 is 0 Å². The molecular formula is C14H25NO5. The van der Waals surface area contributed by atoms with Crippen LogP contribution in [0.5, 0.6) is 0 Å². The van der Waals surface area contributed by atoms with Crippen LogP contribution in [-0.4, -0.2) is 52.5 Å². The lowest BCUT2D eigenvalue weighted by molar-refractivity contribution is -0.154. The summed E-state index contributed by atoms with van der Waals surface area (Å²) < 4.78 is 10.3. The molecule has 0 saturated carbocycles. The van der Waals surface area contributed by atoms with Crippen molar-refractivity contribution in [1.82, 2.24) is 4.90 Å². The summed E-state index contributed by atoms with van der Waals surface area (Å²) in [7, 11) is 0. The number of β-amino-alcohol motifs (C(OH)–C–C–N with tert-alkyl or cyclic N) is 1. The number of carbonyl (C=O) groups excluding carboxylic acids is 2. The van der Waals surface area contributed by atoms with Crippen molar-refractivity contribution in [3.8, 4) is 0 Å². The third-order valence-corrected chi connectivity index (χ3v) is 3.03. The predicted octanol–water partition coefficient (Wildman–Crippen LogP) is 1.70. The second-order valence-corrected chi connectivity index (χ2v) is 6.41. The number of hydrogen-bond acceptors (Lipinski definition) is 5. The van der Waals surface area contributed by atoms with E-state index in [1.165, 1.54) is 4.90 Å². The zero-order valence-corrected chi connectivity index (χ0v) is 12.9. The van der Waals surface area contributed by atoms with E-state index in [9.17, 15) is 14.7 Å². The normalized spacial score (nSPS) is 27.1. The van der Waals surface area contributed by atoms with Crippen LogP contribution in [0.4, 0.5) is 4.79 Å². The van der Waals surface area contributed by atoms with Crippen LogP contribution in [0.1, 0.15) is 47.5 Å². The quantitative estimate of drug-likeness (QED) is 0.782.